The molecule has 2 heterocycles. The van der Waals surface area contributed by atoms with Gasteiger partial charge in [0.25, 0.3) is 5.91 Å². The Labute approximate surface area is 155 Å². The Morgan fingerprint density at radius 2 is 2.31 bits per heavy atom. The highest BCUT2D eigenvalue weighted by Gasteiger charge is 2.29. The van der Waals surface area contributed by atoms with E-state index in [9.17, 15) is 4.79 Å². The predicted molar refractivity (Wildman–Crippen MR) is 101 cm³/mol. The van der Waals surface area contributed by atoms with Gasteiger partial charge >= 0.3 is 0 Å². The van der Waals surface area contributed by atoms with Crippen LogP contribution in [-0.2, 0) is 26.4 Å². The van der Waals surface area contributed by atoms with Gasteiger partial charge in [0.15, 0.2) is 5.69 Å². The van der Waals surface area contributed by atoms with Crippen LogP contribution in [0.2, 0.25) is 0 Å². The zero-order chi connectivity index (χ0) is 18.7. The Hall–Kier alpha value is -2.08. The summed E-state index contributed by atoms with van der Waals surface area (Å²) in [5.74, 6) is 1.44. The minimum atomic E-state index is -0.0407. The van der Waals surface area contributed by atoms with Crippen LogP contribution in [0.15, 0.2) is 22.8 Å². The molecule has 0 aromatic carbocycles. The van der Waals surface area contributed by atoms with Gasteiger partial charge in [-0.1, -0.05) is 13.8 Å². The maximum atomic E-state index is 13.0. The van der Waals surface area contributed by atoms with E-state index in [0.717, 1.165) is 37.1 Å². The van der Waals surface area contributed by atoms with Gasteiger partial charge in [-0.2, -0.15) is 5.10 Å². The van der Waals surface area contributed by atoms with Crippen LogP contribution in [-0.4, -0.2) is 40.2 Å². The molecule has 1 aliphatic carbocycles. The summed E-state index contributed by atoms with van der Waals surface area (Å²) in [5.41, 5.74) is 2.89. The lowest BCUT2D eigenvalue weighted by atomic mass is 9.91. The minimum Gasteiger partial charge on any atom is -0.467 e. The van der Waals surface area contributed by atoms with E-state index in [2.05, 4.69) is 24.3 Å². The normalized spacial score (nSPS) is 16.7. The van der Waals surface area contributed by atoms with Crippen molar-refractivity contribution in [2.24, 2.45) is 13.0 Å². The average Bonchev–Trinajstić information content (AvgIpc) is 3.22. The summed E-state index contributed by atoms with van der Waals surface area (Å²) in [6.07, 6.45) is 5.74. The lowest BCUT2D eigenvalue weighted by molar-refractivity contribution is 0.0767. The molecule has 0 unspecified atom stereocenters. The quantitative estimate of drug-likeness (QED) is 0.827. The Morgan fingerprint density at radius 3 is 3.00 bits per heavy atom. The van der Waals surface area contributed by atoms with Crippen molar-refractivity contribution in [1.82, 2.24) is 20.0 Å². The van der Waals surface area contributed by atoms with Crippen molar-refractivity contribution in [2.45, 2.75) is 52.1 Å². The summed E-state index contributed by atoms with van der Waals surface area (Å²) >= 11 is 0. The van der Waals surface area contributed by atoms with Crippen LogP contribution in [0.4, 0.5) is 0 Å². The number of hydrogen-bond donors (Lipinski definition) is 1. The molecular weight excluding hydrogens is 328 g/mol. The van der Waals surface area contributed by atoms with Gasteiger partial charge in [0.05, 0.1) is 12.8 Å². The van der Waals surface area contributed by atoms with Crippen LogP contribution in [0.1, 0.15) is 54.2 Å². The van der Waals surface area contributed by atoms with Crippen molar-refractivity contribution in [3.05, 3.63) is 41.1 Å². The van der Waals surface area contributed by atoms with Gasteiger partial charge in [0.2, 0.25) is 0 Å². The number of nitrogens with one attached hydrogen (secondary N) is 1. The van der Waals surface area contributed by atoms with Crippen LogP contribution in [0.3, 0.4) is 0 Å². The Balaban J connectivity index is 1.70. The van der Waals surface area contributed by atoms with Crippen molar-refractivity contribution < 1.29 is 9.21 Å². The van der Waals surface area contributed by atoms with Crippen molar-refractivity contribution in [3.63, 3.8) is 0 Å². The first kappa shape index (κ1) is 18.7. The molecule has 3 rings (SSSR count). The second-order valence-corrected chi connectivity index (χ2v) is 7.71. The summed E-state index contributed by atoms with van der Waals surface area (Å²) in [5, 5.41) is 8.21. The number of nitrogens with zero attached hydrogens (tertiary/aromatic N) is 3. The van der Waals surface area contributed by atoms with Gasteiger partial charge in [0, 0.05) is 31.4 Å². The number of carbonyl (C=O) groups is 1. The van der Waals surface area contributed by atoms with Gasteiger partial charge in [0.1, 0.15) is 5.76 Å². The van der Waals surface area contributed by atoms with E-state index in [1.807, 2.05) is 23.9 Å². The molecule has 0 radical (unpaired) electrons. The van der Waals surface area contributed by atoms with Gasteiger partial charge in [-0.05, 0) is 50.3 Å². The number of aromatic nitrogens is 2. The highest BCUT2D eigenvalue weighted by molar-refractivity contribution is 5.94. The number of fused-ring (bicyclic) bond motifs is 1. The van der Waals surface area contributed by atoms with Crippen LogP contribution < -0.4 is 5.32 Å². The zero-order valence-corrected chi connectivity index (χ0v) is 16.3. The van der Waals surface area contributed by atoms with E-state index in [-0.39, 0.29) is 5.91 Å². The van der Waals surface area contributed by atoms with Crippen LogP contribution >= 0.6 is 0 Å². The molecule has 0 spiro atoms. The summed E-state index contributed by atoms with van der Waals surface area (Å²) in [6.45, 7) is 5.97. The number of hydrogen-bond acceptors (Lipinski definition) is 4. The van der Waals surface area contributed by atoms with Crippen LogP contribution in [0.5, 0.6) is 0 Å². The molecule has 0 bridgehead atoms. The second-order valence-electron chi connectivity index (χ2n) is 7.71. The Morgan fingerprint density at radius 1 is 1.50 bits per heavy atom. The minimum absolute atomic E-state index is 0.0407. The second kappa shape index (κ2) is 8.08. The largest absolute Gasteiger partial charge is 0.467 e. The summed E-state index contributed by atoms with van der Waals surface area (Å²) in [7, 11) is 3.74. The molecule has 1 amide bonds. The molecule has 6 heteroatoms. The SMILES string of the molecule is CC(C)CCN[C@@H]1CCc2c(c(C(=O)N(C)Cc3ccco3)nn2C)C1. The third kappa shape index (κ3) is 4.18. The molecule has 142 valence electrons. The third-order valence-corrected chi connectivity index (χ3v) is 5.13. The van der Waals surface area contributed by atoms with Crippen LogP contribution in [0, 0.1) is 5.92 Å². The van der Waals surface area contributed by atoms with Crippen molar-refractivity contribution in [3.8, 4) is 0 Å². The third-order valence-electron chi connectivity index (χ3n) is 5.13. The lowest BCUT2D eigenvalue weighted by Gasteiger charge is -2.25. The van der Waals surface area contributed by atoms with Gasteiger partial charge in [-0.25, -0.2) is 0 Å². The van der Waals surface area contributed by atoms with E-state index in [1.54, 1.807) is 18.2 Å². The zero-order valence-electron chi connectivity index (χ0n) is 16.3. The number of aryl methyl sites for hydroxylation is 1. The summed E-state index contributed by atoms with van der Waals surface area (Å²) < 4.78 is 7.24. The van der Waals surface area contributed by atoms with E-state index >= 15 is 0 Å². The molecule has 0 saturated carbocycles. The molecule has 0 aliphatic heterocycles. The average molecular weight is 358 g/mol. The van der Waals surface area contributed by atoms with Gasteiger partial charge in [-0.3, -0.25) is 9.48 Å². The molecule has 2 aromatic heterocycles. The molecule has 1 N–H and O–H groups in total. The van der Waals surface area contributed by atoms with Crippen molar-refractivity contribution >= 4 is 5.91 Å². The fourth-order valence-corrected chi connectivity index (χ4v) is 3.60. The van der Waals surface area contributed by atoms with Crippen molar-refractivity contribution in [2.75, 3.05) is 13.6 Å². The molecule has 1 aliphatic rings. The smallest absolute Gasteiger partial charge is 0.274 e. The number of amides is 1. The Bertz CT molecular complexity index is 733. The molecule has 6 nitrogen and oxygen atoms in total. The topological polar surface area (TPSA) is 63.3 Å². The fraction of sp³-hybridized carbons (Fsp3) is 0.600. The molecule has 2 aromatic rings. The van der Waals surface area contributed by atoms with Gasteiger partial charge in [-0.15, -0.1) is 0 Å². The first-order valence-electron chi connectivity index (χ1n) is 9.51. The fourth-order valence-electron chi connectivity index (χ4n) is 3.60. The first-order valence-corrected chi connectivity index (χ1v) is 9.51. The lowest BCUT2D eigenvalue weighted by Crippen LogP contribution is -2.36. The maximum absolute atomic E-state index is 13.0. The standard InChI is InChI=1S/C20H30N4O2/c1-14(2)9-10-21-15-7-8-18-17(12-15)19(22-24(18)4)20(25)23(3)13-16-6-5-11-26-16/h5-6,11,14-15,21H,7-10,12-13H2,1-4H3/t15-/m1/s1. The van der Waals surface area contributed by atoms with Crippen molar-refractivity contribution in [1.29, 1.82) is 0 Å². The van der Waals surface area contributed by atoms with E-state index in [4.69, 9.17) is 4.42 Å². The number of furan rings is 1. The molecule has 26 heavy (non-hydrogen) atoms. The van der Waals surface area contributed by atoms with E-state index < -0.39 is 0 Å². The Kier molecular flexibility index (Phi) is 5.81. The molecule has 1 atom stereocenters. The monoisotopic (exact) mass is 358 g/mol. The highest BCUT2D eigenvalue weighted by Crippen LogP contribution is 2.25. The number of rotatable bonds is 7. The number of carbonyl (C=O) groups excluding carboxylic acids is 1. The molecule has 0 fully saturated rings. The van der Waals surface area contributed by atoms with Gasteiger partial charge < -0.3 is 14.6 Å². The predicted octanol–water partition coefficient (Wildman–Crippen LogP) is 2.78. The van der Waals surface area contributed by atoms with E-state index in [1.165, 1.54) is 12.1 Å². The van der Waals surface area contributed by atoms with Crippen LogP contribution in [0.25, 0.3) is 0 Å². The first-order chi connectivity index (χ1) is 12.5. The summed E-state index contributed by atoms with van der Waals surface area (Å²) in [4.78, 5) is 14.6. The summed E-state index contributed by atoms with van der Waals surface area (Å²) in [6, 6.07) is 4.14. The molecular formula is C20H30N4O2. The maximum Gasteiger partial charge on any atom is 0.274 e. The molecule has 0 saturated heterocycles. The van der Waals surface area contributed by atoms with E-state index in [0.29, 0.717) is 24.2 Å². The highest BCUT2D eigenvalue weighted by atomic mass is 16.3.